The van der Waals surface area contributed by atoms with Gasteiger partial charge in [0.2, 0.25) is 10.0 Å². The molecule has 0 saturated carbocycles. The smallest absolute Gasteiger partial charge is 0.248 e. The van der Waals surface area contributed by atoms with E-state index in [-0.39, 0.29) is 22.9 Å². The Hall–Kier alpha value is -2.29. The van der Waals surface area contributed by atoms with E-state index in [0.717, 1.165) is 18.7 Å². The van der Waals surface area contributed by atoms with Crippen LogP contribution in [0.5, 0.6) is 17.2 Å². The van der Waals surface area contributed by atoms with Gasteiger partial charge in [0, 0.05) is 31.8 Å². The lowest BCUT2D eigenvalue weighted by atomic mass is 10.1. The molecule has 2 N–H and O–H groups in total. The molecule has 0 amide bonds. The van der Waals surface area contributed by atoms with Crippen molar-refractivity contribution < 1.29 is 22.6 Å². The van der Waals surface area contributed by atoms with Crippen LogP contribution in [0.1, 0.15) is 16.7 Å². The predicted octanol–water partition coefficient (Wildman–Crippen LogP) is 1.79. The molecular formula is C18H22N2O5S. The van der Waals surface area contributed by atoms with Crippen LogP contribution in [0.15, 0.2) is 35.2 Å². The number of benzene rings is 2. The van der Waals surface area contributed by atoms with Crippen LogP contribution in [-0.2, 0) is 29.7 Å². The van der Waals surface area contributed by atoms with Gasteiger partial charge in [-0.25, -0.2) is 13.1 Å². The molecule has 0 fully saturated rings. The quantitative estimate of drug-likeness (QED) is 0.764. The van der Waals surface area contributed by atoms with Crippen LogP contribution in [0, 0.1) is 0 Å². The molecule has 8 heteroatoms. The number of ether oxygens (including phenoxy) is 3. The van der Waals surface area contributed by atoms with Crippen LogP contribution in [0.2, 0.25) is 0 Å². The van der Waals surface area contributed by atoms with E-state index in [9.17, 15) is 8.42 Å². The molecule has 0 bridgehead atoms. The molecule has 7 nitrogen and oxygen atoms in total. The molecule has 140 valence electrons. The Morgan fingerprint density at radius 2 is 1.62 bits per heavy atom. The van der Waals surface area contributed by atoms with E-state index in [0.29, 0.717) is 5.75 Å². The van der Waals surface area contributed by atoms with E-state index >= 15 is 0 Å². The highest BCUT2D eigenvalue weighted by Crippen LogP contribution is 2.37. The van der Waals surface area contributed by atoms with Gasteiger partial charge in [0.25, 0.3) is 0 Å². The summed E-state index contributed by atoms with van der Waals surface area (Å²) in [6, 6.07) is 8.99. The molecule has 0 unspecified atom stereocenters. The summed E-state index contributed by atoms with van der Waals surface area (Å²) < 4.78 is 44.0. The second-order valence-corrected chi connectivity index (χ2v) is 7.60. The van der Waals surface area contributed by atoms with E-state index in [2.05, 4.69) is 10.0 Å². The summed E-state index contributed by atoms with van der Waals surface area (Å²) in [5, 5.41) is 3.27. The molecular weight excluding hydrogens is 356 g/mol. The molecule has 0 radical (unpaired) electrons. The third-order valence-electron chi connectivity index (χ3n) is 4.31. The Morgan fingerprint density at radius 3 is 2.23 bits per heavy atom. The summed E-state index contributed by atoms with van der Waals surface area (Å²) in [5.41, 5.74) is 3.33. The number of methoxy groups -OCH3 is 3. The van der Waals surface area contributed by atoms with Gasteiger partial charge in [0.1, 0.15) is 17.2 Å². The van der Waals surface area contributed by atoms with E-state index in [4.69, 9.17) is 14.2 Å². The minimum absolute atomic E-state index is 0.0499. The van der Waals surface area contributed by atoms with E-state index in [1.54, 1.807) is 0 Å². The first kappa shape index (κ1) is 18.5. The van der Waals surface area contributed by atoms with E-state index in [1.165, 1.54) is 44.6 Å². The fourth-order valence-corrected chi connectivity index (χ4v) is 4.26. The summed E-state index contributed by atoms with van der Waals surface area (Å²) in [6.45, 7) is 1.82. The lowest BCUT2D eigenvalue weighted by Gasteiger charge is -2.16. The highest BCUT2D eigenvalue weighted by molar-refractivity contribution is 7.89. The molecule has 0 saturated heterocycles. The van der Waals surface area contributed by atoms with Crippen LogP contribution in [0.25, 0.3) is 0 Å². The fraction of sp³-hybridized carbons (Fsp3) is 0.333. The number of hydrogen-bond donors (Lipinski definition) is 2. The number of sulfonamides is 1. The Balaban J connectivity index is 1.88. The highest BCUT2D eigenvalue weighted by Gasteiger charge is 2.26. The van der Waals surface area contributed by atoms with Crippen molar-refractivity contribution in [1.29, 1.82) is 0 Å². The minimum atomic E-state index is -3.85. The van der Waals surface area contributed by atoms with Crippen LogP contribution in [-0.4, -0.2) is 29.7 Å². The van der Waals surface area contributed by atoms with Crippen molar-refractivity contribution in [1.82, 2.24) is 10.0 Å². The monoisotopic (exact) mass is 378 g/mol. The summed E-state index contributed by atoms with van der Waals surface area (Å²) in [6.07, 6.45) is 0. The van der Waals surface area contributed by atoms with Crippen molar-refractivity contribution in [2.45, 2.75) is 24.5 Å². The van der Waals surface area contributed by atoms with E-state index in [1.807, 2.05) is 18.2 Å². The lowest BCUT2D eigenvalue weighted by Crippen LogP contribution is -2.24. The number of nitrogens with one attached hydrogen (secondary N) is 2. The number of rotatable bonds is 7. The third kappa shape index (κ3) is 3.62. The average Bonchev–Trinajstić information content (AvgIpc) is 3.12. The summed E-state index contributed by atoms with van der Waals surface area (Å²) >= 11 is 0. The average molecular weight is 378 g/mol. The van der Waals surface area contributed by atoms with Crippen LogP contribution in [0.4, 0.5) is 0 Å². The fourth-order valence-electron chi connectivity index (χ4n) is 2.95. The van der Waals surface area contributed by atoms with Crippen LogP contribution < -0.4 is 24.2 Å². The maximum absolute atomic E-state index is 12.9. The van der Waals surface area contributed by atoms with Crippen LogP contribution in [0.3, 0.4) is 0 Å². The first-order chi connectivity index (χ1) is 12.5. The maximum atomic E-state index is 12.9. The largest absolute Gasteiger partial charge is 0.496 e. The first-order valence-electron chi connectivity index (χ1n) is 8.09. The number of hydrogen-bond acceptors (Lipinski definition) is 6. The van der Waals surface area contributed by atoms with Gasteiger partial charge >= 0.3 is 0 Å². The third-order valence-corrected chi connectivity index (χ3v) is 5.77. The lowest BCUT2D eigenvalue weighted by molar-refractivity contribution is 0.358. The summed E-state index contributed by atoms with van der Waals surface area (Å²) in [5.74, 6) is 0.766. The minimum Gasteiger partial charge on any atom is -0.496 e. The standard InChI is InChI=1S/C18H22N2O5S/c1-23-15-7-16(24-2)18(17(8-15)25-3)26(21,22)20-9-12-4-5-13-10-19-11-14(13)6-12/h4-8,19-20H,9-11H2,1-3H3. The second-order valence-electron chi connectivity index (χ2n) is 5.89. The van der Waals surface area contributed by atoms with Gasteiger partial charge in [0.05, 0.1) is 21.3 Å². The molecule has 1 heterocycles. The molecule has 0 aromatic heterocycles. The van der Waals surface area contributed by atoms with E-state index < -0.39 is 10.0 Å². The zero-order valence-electron chi connectivity index (χ0n) is 15.0. The molecule has 1 aliphatic rings. The van der Waals surface area contributed by atoms with Gasteiger partial charge in [-0.15, -0.1) is 0 Å². The molecule has 2 aromatic rings. The number of fused-ring (bicyclic) bond motifs is 1. The zero-order valence-corrected chi connectivity index (χ0v) is 15.8. The summed E-state index contributed by atoms with van der Waals surface area (Å²) in [4.78, 5) is -0.0499. The molecule has 0 aliphatic carbocycles. The van der Waals surface area contributed by atoms with Crippen molar-refractivity contribution >= 4 is 10.0 Å². The Bertz CT molecular complexity index is 887. The van der Waals surface area contributed by atoms with Crippen molar-refractivity contribution in [2.75, 3.05) is 21.3 Å². The van der Waals surface area contributed by atoms with Gasteiger partial charge < -0.3 is 19.5 Å². The molecule has 3 rings (SSSR count). The normalized spacial score (nSPS) is 13.3. The Kier molecular flexibility index (Phi) is 5.36. The summed E-state index contributed by atoms with van der Waals surface area (Å²) in [7, 11) is 0.442. The second kappa shape index (κ2) is 7.53. The SMILES string of the molecule is COc1cc(OC)c(S(=O)(=O)NCc2ccc3c(c2)CNC3)c(OC)c1. The van der Waals surface area contributed by atoms with Crippen molar-refractivity contribution in [3.05, 3.63) is 47.0 Å². The van der Waals surface area contributed by atoms with Gasteiger partial charge in [-0.05, 0) is 16.7 Å². The Labute approximate surface area is 153 Å². The maximum Gasteiger partial charge on any atom is 0.248 e. The van der Waals surface area contributed by atoms with Gasteiger partial charge in [-0.1, -0.05) is 18.2 Å². The van der Waals surface area contributed by atoms with Gasteiger partial charge in [-0.3, -0.25) is 0 Å². The topological polar surface area (TPSA) is 85.9 Å². The predicted molar refractivity (Wildman–Crippen MR) is 97.1 cm³/mol. The molecule has 0 spiro atoms. The first-order valence-corrected chi connectivity index (χ1v) is 9.58. The van der Waals surface area contributed by atoms with Crippen molar-refractivity contribution in [3.8, 4) is 17.2 Å². The molecule has 2 aromatic carbocycles. The Morgan fingerprint density at radius 1 is 0.962 bits per heavy atom. The highest BCUT2D eigenvalue weighted by atomic mass is 32.2. The van der Waals surface area contributed by atoms with Crippen LogP contribution >= 0.6 is 0 Å². The molecule has 26 heavy (non-hydrogen) atoms. The van der Waals surface area contributed by atoms with Crippen molar-refractivity contribution in [2.24, 2.45) is 0 Å². The van der Waals surface area contributed by atoms with Crippen molar-refractivity contribution in [3.63, 3.8) is 0 Å². The van der Waals surface area contributed by atoms with Gasteiger partial charge in [0.15, 0.2) is 4.90 Å². The molecule has 0 atom stereocenters. The van der Waals surface area contributed by atoms with Gasteiger partial charge in [-0.2, -0.15) is 0 Å². The molecule has 1 aliphatic heterocycles. The zero-order chi connectivity index (χ0) is 18.7.